The van der Waals surface area contributed by atoms with Crippen LogP contribution in [0.25, 0.3) is 0 Å². The van der Waals surface area contributed by atoms with Gasteiger partial charge in [0.1, 0.15) is 18.2 Å². The normalized spacial score (nSPS) is 19.1. The quantitative estimate of drug-likeness (QED) is 0.783. The number of hydrogen-bond acceptors (Lipinski definition) is 5. The Morgan fingerprint density at radius 1 is 1.58 bits per heavy atom. The summed E-state index contributed by atoms with van der Waals surface area (Å²) in [5.74, 6) is -0.671. The Balaban J connectivity index is 2.27. The summed E-state index contributed by atoms with van der Waals surface area (Å²) in [6.07, 6.45) is 1.97. The van der Waals surface area contributed by atoms with E-state index in [4.69, 9.17) is 5.11 Å². The maximum absolute atomic E-state index is 11.8. The van der Waals surface area contributed by atoms with Gasteiger partial charge in [0.2, 0.25) is 5.91 Å². The number of carbonyl (C=O) groups is 2. The van der Waals surface area contributed by atoms with Crippen LogP contribution in [0.15, 0.2) is 12.4 Å². The van der Waals surface area contributed by atoms with E-state index in [0.29, 0.717) is 18.9 Å². The average Bonchev–Trinajstić information content (AvgIpc) is 2.40. The van der Waals surface area contributed by atoms with Crippen LogP contribution in [0.4, 0.5) is 5.82 Å². The summed E-state index contributed by atoms with van der Waals surface area (Å²) >= 11 is 0. The van der Waals surface area contributed by atoms with E-state index in [0.717, 1.165) is 12.1 Å². The van der Waals surface area contributed by atoms with E-state index in [1.807, 2.05) is 6.92 Å². The summed E-state index contributed by atoms with van der Waals surface area (Å²) in [6, 6.07) is 1.08. The van der Waals surface area contributed by atoms with Gasteiger partial charge in [-0.3, -0.25) is 9.59 Å². The number of hydrogen-bond donors (Lipinski definition) is 2. The van der Waals surface area contributed by atoms with Crippen molar-refractivity contribution in [3.8, 4) is 0 Å². The lowest BCUT2D eigenvalue weighted by Crippen LogP contribution is -2.56. The van der Waals surface area contributed by atoms with Crippen LogP contribution in [0, 0.1) is 0 Å². The van der Waals surface area contributed by atoms with Gasteiger partial charge >= 0.3 is 5.97 Å². The number of nitrogens with one attached hydrogen (secondary N) is 1. The Kier molecular flexibility index (Phi) is 3.94. The van der Waals surface area contributed by atoms with Crippen LogP contribution < -0.4 is 10.2 Å². The zero-order valence-electron chi connectivity index (χ0n) is 10.7. The molecule has 1 aliphatic heterocycles. The van der Waals surface area contributed by atoms with Crippen molar-refractivity contribution in [1.29, 1.82) is 0 Å². The van der Waals surface area contributed by atoms with Gasteiger partial charge in [0.15, 0.2) is 0 Å². The number of anilines is 1. The van der Waals surface area contributed by atoms with E-state index in [1.54, 1.807) is 11.0 Å². The average molecular weight is 264 g/mol. The molecule has 1 fully saturated rings. The Morgan fingerprint density at radius 3 is 3.05 bits per heavy atom. The molecular formula is C12H16N4O3. The van der Waals surface area contributed by atoms with Crippen molar-refractivity contribution in [2.45, 2.75) is 25.8 Å². The van der Waals surface area contributed by atoms with Gasteiger partial charge in [-0.05, 0) is 6.42 Å². The predicted molar refractivity (Wildman–Crippen MR) is 67.8 cm³/mol. The molecule has 1 aromatic heterocycles. The molecule has 7 nitrogen and oxygen atoms in total. The fourth-order valence-corrected chi connectivity index (χ4v) is 2.09. The molecule has 1 unspecified atom stereocenters. The van der Waals surface area contributed by atoms with Crippen molar-refractivity contribution >= 4 is 17.7 Å². The molecular weight excluding hydrogens is 248 g/mol. The van der Waals surface area contributed by atoms with E-state index in [9.17, 15) is 9.59 Å². The molecule has 1 aliphatic rings. The van der Waals surface area contributed by atoms with Gasteiger partial charge in [-0.15, -0.1) is 0 Å². The number of aromatic nitrogens is 2. The molecule has 1 atom stereocenters. The van der Waals surface area contributed by atoms with E-state index < -0.39 is 12.0 Å². The third-order valence-corrected chi connectivity index (χ3v) is 3.06. The first-order valence-electron chi connectivity index (χ1n) is 6.19. The molecule has 2 N–H and O–H groups in total. The summed E-state index contributed by atoms with van der Waals surface area (Å²) in [4.78, 5) is 32.7. The van der Waals surface area contributed by atoms with Crippen LogP contribution in [0.2, 0.25) is 0 Å². The van der Waals surface area contributed by atoms with Crippen molar-refractivity contribution in [1.82, 2.24) is 15.3 Å². The lowest BCUT2D eigenvalue weighted by Gasteiger charge is -2.35. The topological polar surface area (TPSA) is 95.4 Å². The minimum atomic E-state index is -1.00. The first kappa shape index (κ1) is 13.3. The second kappa shape index (κ2) is 5.64. The van der Waals surface area contributed by atoms with E-state index in [2.05, 4.69) is 15.3 Å². The lowest BCUT2D eigenvalue weighted by molar-refractivity contribution is -0.139. The van der Waals surface area contributed by atoms with Crippen molar-refractivity contribution in [2.24, 2.45) is 0 Å². The summed E-state index contributed by atoms with van der Waals surface area (Å²) < 4.78 is 0. The molecule has 1 aromatic rings. The smallest absolute Gasteiger partial charge is 0.305 e. The summed E-state index contributed by atoms with van der Waals surface area (Å²) in [6.45, 7) is 3.01. The maximum atomic E-state index is 11.8. The number of carboxylic acids is 1. The van der Waals surface area contributed by atoms with Gasteiger partial charge in [0, 0.05) is 24.8 Å². The molecule has 1 saturated heterocycles. The van der Waals surface area contributed by atoms with Crippen molar-refractivity contribution in [3.63, 3.8) is 0 Å². The van der Waals surface area contributed by atoms with Crippen molar-refractivity contribution in [2.75, 3.05) is 18.0 Å². The predicted octanol–water partition coefficient (Wildman–Crippen LogP) is -0.181. The molecule has 2 rings (SSSR count). The molecule has 0 radical (unpaired) electrons. The highest BCUT2D eigenvalue weighted by Gasteiger charge is 2.32. The van der Waals surface area contributed by atoms with Gasteiger partial charge in [-0.1, -0.05) is 6.92 Å². The fraction of sp³-hybridized carbons (Fsp3) is 0.500. The number of aliphatic carboxylic acids is 1. The largest absolute Gasteiger partial charge is 0.481 e. The van der Waals surface area contributed by atoms with Crippen LogP contribution in [0.1, 0.15) is 19.0 Å². The van der Waals surface area contributed by atoms with Crippen LogP contribution in [-0.4, -0.2) is 46.1 Å². The van der Waals surface area contributed by atoms with Gasteiger partial charge in [-0.2, -0.15) is 0 Å². The number of carboxylic acid groups (broad SMARTS) is 1. The Morgan fingerprint density at radius 2 is 2.37 bits per heavy atom. The molecule has 19 heavy (non-hydrogen) atoms. The van der Waals surface area contributed by atoms with Crippen LogP contribution in [0.3, 0.4) is 0 Å². The Hall–Kier alpha value is -2.18. The third kappa shape index (κ3) is 2.98. The minimum absolute atomic E-state index is 0.239. The summed E-state index contributed by atoms with van der Waals surface area (Å²) in [5.41, 5.74) is 0.866. The number of rotatable bonds is 4. The second-order valence-corrected chi connectivity index (χ2v) is 4.32. The summed E-state index contributed by atoms with van der Waals surface area (Å²) in [5, 5.41) is 11.6. The van der Waals surface area contributed by atoms with Gasteiger partial charge < -0.3 is 15.3 Å². The number of carbonyl (C=O) groups excluding carboxylic acids is 1. The van der Waals surface area contributed by atoms with E-state index in [-0.39, 0.29) is 12.3 Å². The van der Waals surface area contributed by atoms with Crippen LogP contribution in [-0.2, 0) is 16.0 Å². The van der Waals surface area contributed by atoms with Crippen LogP contribution in [0.5, 0.6) is 0 Å². The molecule has 0 spiro atoms. The monoisotopic (exact) mass is 264 g/mol. The Labute approximate surface area is 110 Å². The molecule has 102 valence electrons. The molecule has 2 heterocycles. The highest BCUT2D eigenvalue weighted by atomic mass is 16.4. The highest BCUT2D eigenvalue weighted by molar-refractivity contribution is 5.90. The van der Waals surface area contributed by atoms with Crippen LogP contribution >= 0.6 is 0 Å². The zero-order chi connectivity index (χ0) is 13.8. The molecule has 7 heteroatoms. The van der Waals surface area contributed by atoms with Gasteiger partial charge in [0.25, 0.3) is 0 Å². The number of piperazine rings is 1. The third-order valence-electron chi connectivity index (χ3n) is 3.06. The number of nitrogens with zero attached hydrogens (tertiary/aromatic N) is 3. The first-order chi connectivity index (χ1) is 9.11. The Bertz CT molecular complexity index is 492. The van der Waals surface area contributed by atoms with Crippen molar-refractivity contribution in [3.05, 3.63) is 18.1 Å². The molecule has 0 aromatic carbocycles. The SMILES string of the molecule is CCc1cc(N2CCNC(=O)C2CC(=O)O)ncn1. The molecule has 0 bridgehead atoms. The van der Waals surface area contributed by atoms with Crippen molar-refractivity contribution < 1.29 is 14.7 Å². The zero-order valence-corrected chi connectivity index (χ0v) is 10.7. The first-order valence-corrected chi connectivity index (χ1v) is 6.19. The second-order valence-electron chi connectivity index (χ2n) is 4.32. The van der Waals surface area contributed by atoms with Gasteiger partial charge in [-0.25, -0.2) is 9.97 Å². The highest BCUT2D eigenvalue weighted by Crippen LogP contribution is 2.18. The molecule has 0 saturated carbocycles. The standard InChI is InChI=1S/C12H16N4O3/c1-2-8-5-10(15-7-14-8)16-4-3-13-12(19)9(16)6-11(17)18/h5,7,9H,2-4,6H2,1H3,(H,13,19)(H,17,18). The van der Waals surface area contributed by atoms with E-state index >= 15 is 0 Å². The minimum Gasteiger partial charge on any atom is -0.481 e. The van der Waals surface area contributed by atoms with E-state index in [1.165, 1.54) is 6.33 Å². The lowest BCUT2D eigenvalue weighted by atomic mass is 10.1. The molecule has 1 amide bonds. The number of amides is 1. The molecule has 0 aliphatic carbocycles. The maximum Gasteiger partial charge on any atom is 0.305 e. The fourth-order valence-electron chi connectivity index (χ4n) is 2.09. The number of aryl methyl sites for hydroxylation is 1. The van der Waals surface area contributed by atoms with Gasteiger partial charge in [0.05, 0.1) is 6.42 Å². The summed E-state index contributed by atoms with van der Waals surface area (Å²) in [7, 11) is 0.